The Morgan fingerprint density at radius 3 is 2.24 bits per heavy atom. The standard InChI is InChI=1S/C16H18F3NO5/c1-9(8-12(21)24-2)13(15(23)25-3)20-14(22)10-6-4-5-7-11(10)16(17,18)19/h4-7,9,13H,8H2,1-3H3,(H,20,22)/t9-,13+/m0/s1. The molecular weight excluding hydrogens is 343 g/mol. The van der Waals surface area contributed by atoms with Crippen LogP contribution < -0.4 is 5.32 Å². The fraction of sp³-hybridized carbons (Fsp3) is 0.438. The van der Waals surface area contributed by atoms with Crippen LogP contribution in [0.4, 0.5) is 13.2 Å². The fourth-order valence-corrected chi connectivity index (χ4v) is 2.17. The summed E-state index contributed by atoms with van der Waals surface area (Å²) < 4.78 is 48.1. The van der Waals surface area contributed by atoms with Crippen molar-refractivity contribution in [1.29, 1.82) is 0 Å². The van der Waals surface area contributed by atoms with Gasteiger partial charge in [-0.15, -0.1) is 0 Å². The second-order valence-electron chi connectivity index (χ2n) is 5.28. The molecule has 1 aromatic carbocycles. The van der Waals surface area contributed by atoms with Crippen LogP contribution in [0.1, 0.15) is 29.3 Å². The molecule has 1 rings (SSSR count). The largest absolute Gasteiger partial charge is 0.469 e. The Kier molecular flexibility index (Phi) is 6.96. The molecule has 0 aromatic heterocycles. The van der Waals surface area contributed by atoms with E-state index in [0.717, 1.165) is 32.4 Å². The van der Waals surface area contributed by atoms with E-state index in [-0.39, 0.29) is 6.42 Å². The molecule has 138 valence electrons. The first kappa shape index (κ1) is 20.5. The molecule has 0 spiro atoms. The molecule has 0 radical (unpaired) electrons. The van der Waals surface area contributed by atoms with Crippen molar-refractivity contribution >= 4 is 17.8 Å². The number of methoxy groups -OCH3 is 2. The summed E-state index contributed by atoms with van der Waals surface area (Å²) in [4.78, 5) is 35.5. The molecule has 0 aliphatic rings. The van der Waals surface area contributed by atoms with Gasteiger partial charge in [0.05, 0.1) is 31.8 Å². The van der Waals surface area contributed by atoms with Gasteiger partial charge in [0.25, 0.3) is 5.91 Å². The molecule has 9 heteroatoms. The van der Waals surface area contributed by atoms with Gasteiger partial charge in [0, 0.05) is 0 Å². The van der Waals surface area contributed by atoms with Crippen LogP contribution in [0, 0.1) is 5.92 Å². The highest BCUT2D eigenvalue weighted by Crippen LogP contribution is 2.31. The maximum Gasteiger partial charge on any atom is 0.417 e. The number of alkyl halides is 3. The Bertz CT molecular complexity index is 645. The predicted molar refractivity (Wildman–Crippen MR) is 80.5 cm³/mol. The maximum atomic E-state index is 13.0. The molecule has 6 nitrogen and oxygen atoms in total. The number of hydrogen-bond acceptors (Lipinski definition) is 5. The summed E-state index contributed by atoms with van der Waals surface area (Å²) in [5.74, 6) is -3.36. The van der Waals surface area contributed by atoms with Crippen LogP contribution in [0.25, 0.3) is 0 Å². The minimum Gasteiger partial charge on any atom is -0.469 e. The zero-order chi connectivity index (χ0) is 19.2. The zero-order valence-corrected chi connectivity index (χ0v) is 13.8. The number of ether oxygens (including phenoxy) is 2. The Morgan fingerprint density at radius 2 is 1.72 bits per heavy atom. The van der Waals surface area contributed by atoms with E-state index in [2.05, 4.69) is 14.8 Å². The van der Waals surface area contributed by atoms with E-state index in [1.807, 2.05) is 0 Å². The van der Waals surface area contributed by atoms with Crippen molar-refractivity contribution in [3.63, 3.8) is 0 Å². The first-order valence-electron chi connectivity index (χ1n) is 7.23. The van der Waals surface area contributed by atoms with Crippen LogP contribution in [0.2, 0.25) is 0 Å². The fourth-order valence-electron chi connectivity index (χ4n) is 2.17. The van der Waals surface area contributed by atoms with Gasteiger partial charge in [-0.25, -0.2) is 4.79 Å². The molecule has 0 heterocycles. The Hall–Kier alpha value is -2.58. The number of amides is 1. The summed E-state index contributed by atoms with van der Waals surface area (Å²) >= 11 is 0. The van der Waals surface area contributed by atoms with Gasteiger partial charge in [-0.05, 0) is 18.1 Å². The molecule has 25 heavy (non-hydrogen) atoms. The van der Waals surface area contributed by atoms with E-state index in [1.54, 1.807) is 0 Å². The number of nitrogens with one attached hydrogen (secondary N) is 1. The van der Waals surface area contributed by atoms with E-state index in [0.29, 0.717) is 0 Å². The SMILES string of the molecule is COC(=O)C[C@H](C)[C@@H](NC(=O)c1ccccc1C(F)(F)F)C(=O)OC. The molecule has 0 fully saturated rings. The highest BCUT2D eigenvalue weighted by atomic mass is 19.4. The third-order valence-corrected chi connectivity index (χ3v) is 3.50. The number of hydrogen-bond donors (Lipinski definition) is 1. The second kappa shape index (κ2) is 8.50. The summed E-state index contributed by atoms with van der Waals surface area (Å²) in [6, 6.07) is 2.88. The van der Waals surface area contributed by atoms with Crippen molar-refractivity contribution in [3.05, 3.63) is 35.4 Å². The Balaban J connectivity index is 3.08. The van der Waals surface area contributed by atoms with Crippen molar-refractivity contribution in [2.24, 2.45) is 5.92 Å². The lowest BCUT2D eigenvalue weighted by Crippen LogP contribution is -2.46. The van der Waals surface area contributed by atoms with Gasteiger partial charge in [-0.2, -0.15) is 13.2 Å². The number of rotatable bonds is 6. The second-order valence-corrected chi connectivity index (χ2v) is 5.28. The average molecular weight is 361 g/mol. The molecule has 0 saturated heterocycles. The van der Waals surface area contributed by atoms with Gasteiger partial charge < -0.3 is 14.8 Å². The third-order valence-electron chi connectivity index (χ3n) is 3.50. The summed E-state index contributed by atoms with van der Waals surface area (Å²) in [5, 5.41) is 2.20. The molecular formula is C16H18F3NO5. The van der Waals surface area contributed by atoms with E-state index >= 15 is 0 Å². The molecule has 0 unspecified atom stereocenters. The monoisotopic (exact) mass is 361 g/mol. The van der Waals surface area contributed by atoms with Crippen LogP contribution in [0.15, 0.2) is 24.3 Å². The Labute approximate surface area is 142 Å². The molecule has 0 saturated carbocycles. The van der Waals surface area contributed by atoms with Gasteiger partial charge in [-0.1, -0.05) is 19.1 Å². The first-order chi connectivity index (χ1) is 11.6. The smallest absolute Gasteiger partial charge is 0.417 e. The molecule has 1 aromatic rings. The predicted octanol–water partition coefficient (Wildman–Crippen LogP) is 2.18. The lowest BCUT2D eigenvalue weighted by molar-refractivity contribution is -0.146. The number of benzene rings is 1. The van der Waals surface area contributed by atoms with Gasteiger partial charge in [0.15, 0.2) is 0 Å². The minimum atomic E-state index is -4.73. The van der Waals surface area contributed by atoms with Crippen molar-refractivity contribution < 1.29 is 37.0 Å². The van der Waals surface area contributed by atoms with Crippen LogP contribution in [-0.2, 0) is 25.2 Å². The zero-order valence-electron chi connectivity index (χ0n) is 13.8. The molecule has 0 aliphatic heterocycles. The number of carbonyl (C=O) groups excluding carboxylic acids is 3. The van der Waals surface area contributed by atoms with Gasteiger partial charge in [-0.3, -0.25) is 9.59 Å². The molecule has 0 bridgehead atoms. The van der Waals surface area contributed by atoms with Crippen LogP contribution >= 0.6 is 0 Å². The molecule has 1 N–H and O–H groups in total. The summed E-state index contributed by atoms with van der Waals surface area (Å²) in [7, 11) is 2.22. The molecule has 2 atom stereocenters. The quantitative estimate of drug-likeness (QED) is 0.786. The third kappa shape index (κ3) is 5.47. The van der Waals surface area contributed by atoms with Crippen molar-refractivity contribution in [2.45, 2.75) is 25.6 Å². The summed E-state index contributed by atoms with van der Waals surface area (Å²) in [6.45, 7) is 1.47. The number of halogens is 3. The van der Waals surface area contributed by atoms with Crippen molar-refractivity contribution in [2.75, 3.05) is 14.2 Å². The van der Waals surface area contributed by atoms with Gasteiger partial charge >= 0.3 is 18.1 Å². The van der Waals surface area contributed by atoms with E-state index in [1.165, 1.54) is 13.0 Å². The first-order valence-corrected chi connectivity index (χ1v) is 7.23. The lowest BCUT2D eigenvalue weighted by atomic mass is 9.97. The van der Waals surface area contributed by atoms with E-state index in [9.17, 15) is 27.6 Å². The number of esters is 2. The molecule has 0 aliphatic carbocycles. The van der Waals surface area contributed by atoms with Crippen molar-refractivity contribution in [1.82, 2.24) is 5.32 Å². The van der Waals surface area contributed by atoms with Crippen LogP contribution in [-0.4, -0.2) is 38.1 Å². The lowest BCUT2D eigenvalue weighted by Gasteiger charge is -2.23. The molecule has 1 amide bonds. The minimum absolute atomic E-state index is 0.225. The van der Waals surface area contributed by atoms with Gasteiger partial charge in [0.2, 0.25) is 0 Å². The highest BCUT2D eigenvalue weighted by Gasteiger charge is 2.36. The topological polar surface area (TPSA) is 81.7 Å². The Morgan fingerprint density at radius 1 is 1.12 bits per heavy atom. The van der Waals surface area contributed by atoms with E-state index < -0.39 is 47.1 Å². The van der Waals surface area contributed by atoms with Gasteiger partial charge in [0.1, 0.15) is 6.04 Å². The normalized spacial score (nSPS) is 13.5. The van der Waals surface area contributed by atoms with Crippen molar-refractivity contribution in [3.8, 4) is 0 Å². The maximum absolute atomic E-state index is 13.0. The average Bonchev–Trinajstić information content (AvgIpc) is 2.57. The summed E-state index contributed by atoms with van der Waals surface area (Å²) in [6.07, 6.45) is -4.95. The summed E-state index contributed by atoms with van der Waals surface area (Å²) in [5.41, 5.74) is -1.76. The van der Waals surface area contributed by atoms with Crippen LogP contribution in [0.3, 0.4) is 0 Å². The highest BCUT2D eigenvalue weighted by molar-refractivity contribution is 5.98. The number of carbonyl (C=O) groups is 3. The van der Waals surface area contributed by atoms with E-state index in [4.69, 9.17) is 0 Å². The van der Waals surface area contributed by atoms with Crippen LogP contribution in [0.5, 0.6) is 0 Å².